The lowest BCUT2D eigenvalue weighted by Gasteiger charge is -2.26. The van der Waals surface area contributed by atoms with Crippen molar-refractivity contribution >= 4 is 0 Å². The molecule has 0 fully saturated rings. The zero-order valence-electron chi connectivity index (χ0n) is 17.4. The summed E-state index contributed by atoms with van der Waals surface area (Å²) >= 11 is 0. The van der Waals surface area contributed by atoms with Crippen LogP contribution in [0.1, 0.15) is 56.0 Å². The van der Waals surface area contributed by atoms with Crippen LogP contribution < -0.4 is 0 Å². The normalized spacial score (nSPS) is 11.2. The van der Waals surface area contributed by atoms with Crippen molar-refractivity contribution in [3.8, 4) is 17.2 Å². The molecule has 0 saturated heterocycles. The zero-order chi connectivity index (χ0) is 20.7. The van der Waals surface area contributed by atoms with E-state index in [-0.39, 0.29) is 23.2 Å². The smallest absolute Gasteiger partial charge is 0.118 e. The molecule has 0 unspecified atom stereocenters. The maximum Gasteiger partial charge on any atom is 0.118 e. The Kier molecular flexibility index (Phi) is 5.12. The van der Waals surface area contributed by atoms with E-state index in [1.807, 2.05) is 77.9 Å². The van der Waals surface area contributed by atoms with Crippen molar-refractivity contribution in [1.29, 1.82) is 0 Å². The van der Waals surface area contributed by atoms with Crippen LogP contribution >= 0.6 is 0 Å². The Balaban J connectivity index is 2.38. The Bertz CT molecular complexity index is 927. The SMILES string of the molecule is Cc1cc(C(c2cc(C)c(O)cc2C)c2cc(C)c(O)cc2C)c(C)cc1O. The van der Waals surface area contributed by atoms with Gasteiger partial charge in [0.05, 0.1) is 0 Å². The van der Waals surface area contributed by atoms with Crippen molar-refractivity contribution in [3.63, 3.8) is 0 Å². The van der Waals surface area contributed by atoms with Gasteiger partial charge in [-0.05, 0) is 110 Å². The number of aryl methyl sites for hydroxylation is 6. The average molecular weight is 376 g/mol. The number of rotatable bonds is 3. The van der Waals surface area contributed by atoms with Crippen LogP contribution in [0.25, 0.3) is 0 Å². The lowest BCUT2D eigenvalue weighted by molar-refractivity contribution is 0.470. The van der Waals surface area contributed by atoms with E-state index in [1.165, 1.54) is 0 Å². The minimum Gasteiger partial charge on any atom is -0.508 e. The standard InChI is InChI=1S/C25H28O3/c1-13-10-22(26)16(4)7-19(13)25(20-8-17(5)23(27)11-14(20)2)21-9-18(6)24(28)12-15(21)3/h7-12,25-28H,1-6H3. The molecule has 0 bridgehead atoms. The lowest BCUT2D eigenvalue weighted by Crippen LogP contribution is -2.10. The summed E-state index contributed by atoms with van der Waals surface area (Å²) in [7, 11) is 0. The van der Waals surface area contributed by atoms with Gasteiger partial charge in [0.1, 0.15) is 17.2 Å². The van der Waals surface area contributed by atoms with E-state index >= 15 is 0 Å². The maximum absolute atomic E-state index is 10.2. The summed E-state index contributed by atoms with van der Waals surface area (Å²) in [5.74, 6) is 0.796. The van der Waals surface area contributed by atoms with E-state index < -0.39 is 0 Å². The molecule has 3 nitrogen and oxygen atoms in total. The summed E-state index contributed by atoms with van der Waals surface area (Å²) < 4.78 is 0. The molecule has 0 amide bonds. The molecule has 0 heterocycles. The second-order valence-electron chi connectivity index (χ2n) is 7.92. The van der Waals surface area contributed by atoms with Gasteiger partial charge in [-0.1, -0.05) is 18.2 Å². The molecule has 3 aromatic carbocycles. The number of hydrogen-bond acceptors (Lipinski definition) is 3. The monoisotopic (exact) mass is 376 g/mol. The molecule has 3 rings (SSSR count). The highest BCUT2D eigenvalue weighted by atomic mass is 16.3. The summed E-state index contributed by atoms with van der Waals surface area (Å²) in [6.45, 7) is 11.7. The molecule has 0 saturated carbocycles. The predicted octanol–water partition coefficient (Wildman–Crippen LogP) is 5.83. The number of phenolic OH excluding ortho intramolecular Hbond substituents is 3. The zero-order valence-corrected chi connectivity index (χ0v) is 17.4. The molecular weight excluding hydrogens is 348 g/mol. The van der Waals surface area contributed by atoms with E-state index in [2.05, 4.69) is 0 Å². The van der Waals surface area contributed by atoms with E-state index in [1.54, 1.807) is 0 Å². The first-order chi connectivity index (χ1) is 13.1. The fourth-order valence-electron chi connectivity index (χ4n) is 3.91. The van der Waals surface area contributed by atoms with Gasteiger partial charge >= 0.3 is 0 Å². The minimum absolute atomic E-state index is 0.0714. The Morgan fingerprint density at radius 1 is 0.429 bits per heavy atom. The van der Waals surface area contributed by atoms with Gasteiger partial charge in [0.15, 0.2) is 0 Å². The average Bonchev–Trinajstić information content (AvgIpc) is 2.61. The molecule has 0 aromatic heterocycles. The molecule has 3 N–H and O–H groups in total. The van der Waals surface area contributed by atoms with Crippen LogP contribution in [-0.4, -0.2) is 15.3 Å². The second-order valence-corrected chi connectivity index (χ2v) is 7.92. The van der Waals surface area contributed by atoms with Crippen molar-refractivity contribution in [2.75, 3.05) is 0 Å². The fraction of sp³-hybridized carbons (Fsp3) is 0.280. The molecule has 146 valence electrons. The number of benzene rings is 3. The Labute approximate surface area is 166 Å². The third kappa shape index (κ3) is 3.45. The summed E-state index contributed by atoms with van der Waals surface area (Å²) in [6, 6.07) is 11.5. The van der Waals surface area contributed by atoms with E-state index in [0.29, 0.717) is 0 Å². The molecule has 0 aliphatic heterocycles. The lowest BCUT2D eigenvalue weighted by atomic mass is 9.78. The van der Waals surface area contributed by atoms with Crippen LogP contribution in [-0.2, 0) is 0 Å². The first-order valence-corrected chi connectivity index (χ1v) is 9.50. The molecule has 0 atom stereocenters. The maximum atomic E-state index is 10.2. The van der Waals surface area contributed by atoms with Crippen LogP contribution in [0.5, 0.6) is 17.2 Å². The number of phenols is 3. The Morgan fingerprint density at radius 3 is 0.929 bits per heavy atom. The predicted molar refractivity (Wildman–Crippen MR) is 114 cm³/mol. The van der Waals surface area contributed by atoms with Crippen molar-refractivity contribution in [1.82, 2.24) is 0 Å². The van der Waals surface area contributed by atoms with Gasteiger partial charge in [-0.2, -0.15) is 0 Å². The molecule has 0 aliphatic carbocycles. The molecule has 0 aliphatic rings. The highest BCUT2D eigenvalue weighted by Crippen LogP contribution is 2.41. The van der Waals surface area contributed by atoms with Gasteiger partial charge in [0, 0.05) is 5.92 Å². The highest BCUT2D eigenvalue weighted by Gasteiger charge is 2.24. The van der Waals surface area contributed by atoms with Crippen LogP contribution in [0.3, 0.4) is 0 Å². The van der Waals surface area contributed by atoms with Gasteiger partial charge in [-0.15, -0.1) is 0 Å². The first kappa shape index (κ1) is 19.8. The van der Waals surface area contributed by atoms with Gasteiger partial charge in [0.25, 0.3) is 0 Å². The number of hydrogen-bond donors (Lipinski definition) is 3. The van der Waals surface area contributed by atoms with Crippen molar-refractivity contribution in [3.05, 3.63) is 86.5 Å². The third-order valence-corrected chi connectivity index (χ3v) is 5.69. The van der Waals surface area contributed by atoms with Crippen LogP contribution in [0, 0.1) is 41.5 Å². The van der Waals surface area contributed by atoms with E-state index in [9.17, 15) is 15.3 Å². The minimum atomic E-state index is -0.0714. The molecule has 3 heteroatoms. The van der Waals surface area contributed by atoms with Gasteiger partial charge in [-0.25, -0.2) is 0 Å². The Morgan fingerprint density at radius 2 is 0.679 bits per heavy atom. The first-order valence-electron chi connectivity index (χ1n) is 9.50. The molecule has 28 heavy (non-hydrogen) atoms. The fourth-order valence-corrected chi connectivity index (χ4v) is 3.91. The van der Waals surface area contributed by atoms with Crippen LogP contribution in [0.4, 0.5) is 0 Å². The second kappa shape index (κ2) is 7.23. The van der Waals surface area contributed by atoms with Gasteiger partial charge in [0.2, 0.25) is 0 Å². The quantitative estimate of drug-likeness (QED) is 0.504. The highest BCUT2D eigenvalue weighted by molar-refractivity contribution is 5.57. The number of aromatic hydroxyl groups is 3. The molecular formula is C25H28O3. The van der Waals surface area contributed by atoms with Gasteiger partial charge < -0.3 is 15.3 Å². The summed E-state index contributed by atoms with van der Waals surface area (Å²) in [5, 5.41) is 30.5. The summed E-state index contributed by atoms with van der Waals surface area (Å²) in [4.78, 5) is 0. The summed E-state index contributed by atoms with van der Waals surface area (Å²) in [6.07, 6.45) is 0. The molecule has 3 aromatic rings. The Hall–Kier alpha value is -2.94. The van der Waals surface area contributed by atoms with Crippen molar-refractivity contribution in [2.45, 2.75) is 47.5 Å². The van der Waals surface area contributed by atoms with E-state index in [4.69, 9.17) is 0 Å². The third-order valence-electron chi connectivity index (χ3n) is 5.69. The van der Waals surface area contributed by atoms with E-state index in [0.717, 1.165) is 50.1 Å². The largest absolute Gasteiger partial charge is 0.508 e. The van der Waals surface area contributed by atoms with Crippen LogP contribution in [0.2, 0.25) is 0 Å². The van der Waals surface area contributed by atoms with Crippen molar-refractivity contribution in [2.24, 2.45) is 0 Å². The molecule has 0 radical (unpaired) electrons. The van der Waals surface area contributed by atoms with Crippen molar-refractivity contribution < 1.29 is 15.3 Å². The van der Waals surface area contributed by atoms with Gasteiger partial charge in [-0.3, -0.25) is 0 Å². The molecule has 0 spiro atoms. The summed E-state index contributed by atoms with van der Waals surface area (Å²) in [5.41, 5.74) is 8.81. The topological polar surface area (TPSA) is 60.7 Å². The van der Waals surface area contributed by atoms with Crippen LogP contribution in [0.15, 0.2) is 36.4 Å².